The molecule has 1 aromatic rings. The Labute approximate surface area is 78.3 Å². The first-order valence-electron chi connectivity index (χ1n) is 4.18. The summed E-state index contributed by atoms with van der Waals surface area (Å²) in [6.45, 7) is 0. The van der Waals surface area contributed by atoms with Crippen molar-refractivity contribution in [3.05, 3.63) is 48.0 Å². The zero-order valence-corrected chi connectivity index (χ0v) is 7.35. The van der Waals surface area contributed by atoms with E-state index in [-0.39, 0.29) is 6.04 Å². The number of allylic oxidation sites excluding steroid dienone is 1. The molecule has 1 atom stereocenters. The van der Waals surface area contributed by atoms with Crippen LogP contribution in [0.1, 0.15) is 5.56 Å². The molecule has 1 aromatic carbocycles. The van der Waals surface area contributed by atoms with E-state index in [2.05, 4.69) is 0 Å². The summed E-state index contributed by atoms with van der Waals surface area (Å²) in [5.41, 5.74) is 6.95. The lowest BCUT2D eigenvalue weighted by molar-refractivity contribution is 0.810. The minimum atomic E-state index is -0.0675. The summed E-state index contributed by atoms with van der Waals surface area (Å²) < 4.78 is 0. The molecule has 0 saturated carbocycles. The van der Waals surface area contributed by atoms with Crippen LogP contribution in [0.2, 0.25) is 0 Å². The molecule has 0 aliphatic carbocycles. The van der Waals surface area contributed by atoms with Crippen LogP contribution in [0, 0.1) is 11.3 Å². The number of hydrogen-bond acceptors (Lipinski definition) is 2. The van der Waals surface area contributed by atoms with Crippen molar-refractivity contribution in [2.75, 3.05) is 0 Å². The van der Waals surface area contributed by atoms with Gasteiger partial charge in [0.15, 0.2) is 0 Å². The zero-order chi connectivity index (χ0) is 9.52. The van der Waals surface area contributed by atoms with Crippen molar-refractivity contribution in [2.45, 2.75) is 12.5 Å². The minimum Gasteiger partial charge on any atom is -0.324 e. The molecule has 2 heteroatoms. The van der Waals surface area contributed by atoms with Gasteiger partial charge in [-0.05, 0) is 12.0 Å². The van der Waals surface area contributed by atoms with Crippen molar-refractivity contribution in [3.8, 4) is 6.07 Å². The van der Waals surface area contributed by atoms with Crippen molar-refractivity contribution >= 4 is 0 Å². The third kappa shape index (κ3) is 3.55. The Morgan fingerprint density at radius 2 is 2.08 bits per heavy atom. The number of hydrogen-bond donors (Lipinski definition) is 1. The van der Waals surface area contributed by atoms with E-state index in [9.17, 15) is 0 Å². The number of rotatable bonds is 3. The lowest BCUT2D eigenvalue weighted by atomic mass is 10.1. The number of nitrogens with two attached hydrogens (primary N) is 1. The van der Waals surface area contributed by atoms with Gasteiger partial charge in [0.1, 0.15) is 0 Å². The van der Waals surface area contributed by atoms with Gasteiger partial charge in [-0.3, -0.25) is 0 Å². The summed E-state index contributed by atoms with van der Waals surface area (Å²) in [6.07, 6.45) is 3.92. The number of nitrogens with zero attached hydrogens (tertiary/aromatic N) is 1. The second-order valence-electron chi connectivity index (χ2n) is 2.84. The Hall–Kier alpha value is -1.59. The van der Waals surface area contributed by atoms with E-state index in [1.807, 2.05) is 36.4 Å². The molecule has 0 aromatic heterocycles. The van der Waals surface area contributed by atoms with Gasteiger partial charge >= 0.3 is 0 Å². The molecule has 0 saturated heterocycles. The van der Waals surface area contributed by atoms with Crippen LogP contribution >= 0.6 is 0 Å². The van der Waals surface area contributed by atoms with Gasteiger partial charge in [0, 0.05) is 12.1 Å². The Morgan fingerprint density at radius 1 is 1.38 bits per heavy atom. The summed E-state index contributed by atoms with van der Waals surface area (Å²) in [5.74, 6) is 0. The van der Waals surface area contributed by atoms with Crippen LogP contribution in [0.3, 0.4) is 0 Å². The Morgan fingerprint density at radius 3 is 2.69 bits per heavy atom. The Kier molecular flexibility index (Phi) is 3.74. The van der Waals surface area contributed by atoms with Crippen LogP contribution in [0.25, 0.3) is 0 Å². The molecule has 0 fully saturated rings. The Balaban J connectivity index is 2.51. The summed E-state index contributed by atoms with van der Waals surface area (Å²) in [7, 11) is 0. The minimum absolute atomic E-state index is 0.0675. The second-order valence-corrected chi connectivity index (χ2v) is 2.84. The molecule has 0 spiro atoms. The third-order valence-electron chi connectivity index (χ3n) is 1.73. The largest absolute Gasteiger partial charge is 0.324 e. The highest BCUT2D eigenvalue weighted by molar-refractivity contribution is 5.18. The average Bonchev–Trinajstić information content (AvgIpc) is 2.16. The van der Waals surface area contributed by atoms with Crippen LogP contribution in [-0.2, 0) is 6.42 Å². The molecule has 1 rings (SSSR count). The van der Waals surface area contributed by atoms with Crippen molar-refractivity contribution in [3.63, 3.8) is 0 Å². The Bertz CT molecular complexity index is 309. The van der Waals surface area contributed by atoms with Crippen molar-refractivity contribution in [1.29, 1.82) is 5.26 Å². The summed E-state index contributed by atoms with van der Waals surface area (Å²) >= 11 is 0. The van der Waals surface area contributed by atoms with Gasteiger partial charge in [-0.2, -0.15) is 5.26 Å². The van der Waals surface area contributed by atoms with Gasteiger partial charge in [0.2, 0.25) is 0 Å². The SMILES string of the molecule is N#C/C=C/C(N)Cc1ccccc1. The van der Waals surface area contributed by atoms with Crippen molar-refractivity contribution < 1.29 is 0 Å². The van der Waals surface area contributed by atoms with E-state index in [1.54, 1.807) is 6.08 Å². The smallest absolute Gasteiger partial charge is 0.0909 e. The molecule has 0 heterocycles. The van der Waals surface area contributed by atoms with Gasteiger partial charge in [-0.1, -0.05) is 36.4 Å². The molecule has 0 aliphatic heterocycles. The summed E-state index contributed by atoms with van der Waals surface area (Å²) in [6, 6.07) is 11.8. The molecule has 0 aliphatic rings. The third-order valence-corrected chi connectivity index (χ3v) is 1.73. The van der Waals surface area contributed by atoms with Crippen LogP contribution < -0.4 is 5.73 Å². The second kappa shape index (κ2) is 5.13. The monoisotopic (exact) mass is 172 g/mol. The molecule has 0 bridgehead atoms. The number of benzene rings is 1. The molecule has 0 amide bonds. The van der Waals surface area contributed by atoms with Gasteiger partial charge in [-0.15, -0.1) is 0 Å². The van der Waals surface area contributed by atoms with E-state index in [0.717, 1.165) is 6.42 Å². The molecule has 2 N–H and O–H groups in total. The maximum Gasteiger partial charge on any atom is 0.0909 e. The van der Waals surface area contributed by atoms with Gasteiger partial charge < -0.3 is 5.73 Å². The molecular formula is C11H12N2. The lowest BCUT2D eigenvalue weighted by Gasteiger charge is -2.04. The standard InChI is InChI=1S/C11H12N2/c12-8-4-7-11(13)9-10-5-2-1-3-6-10/h1-7,11H,9,13H2/b7-4+. The lowest BCUT2D eigenvalue weighted by Crippen LogP contribution is -2.19. The first-order valence-corrected chi connectivity index (χ1v) is 4.18. The normalized spacial score (nSPS) is 12.6. The van der Waals surface area contributed by atoms with Gasteiger partial charge in [0.05, 0.1) is 6.07 Å². The number of nitriles is 1. The highest BCUT2D eigenvalue weighted by Gasteiger charge is 1.97. The van der Waals surface area contributed by atoms with Gasteiger partial charge in [0.25, 0.3) is 0 Å². The average molecular weight is 172 g/mol. The molecule has 13 heavy (non-hydrogen) atoms. The highest BCUT2D eigenvalue weighted by Crippen LogP contribution is 2.02. The first-order chi connectivity index (χ1) is 6.33. The highest BCUT2D eigenvalue weighted by atomic mass is 14.6. The molecule has 66 valence electrons. The maximum absolute atomic E-state index is 8.29. The van der Waals surface area contributed by atoms with Crippen molar-refractivity contribution in [1.82, 2.24) is 0 Å². The fourth-order valence-corrected chi connectivity index (χ4v) is 1.12. The topological polar surface area (TPSA) is 49.8 Å². The maximum atomic E-state index is 8.29. The van der Waals surface area contributed by atoms with E-state index >= 15 is 0 Å². The summed E-state index contributed by atoms with van der Waals surface area (Å²) in [4.78, 5) is 0. The van der Waals surface area contributed by atoms with Gasteiger partial charge in [-0.25, -0.2) is 0 Å². The van der Waals surface area contributed by atoms with E-state index in [0.29, 0.717) is 0 Å². The van der Waals surface area contributed by atoms with Crippen molar-refractivity contribution in [2.24, 2.45) is 5.73 Å². The quantitative estimate of drug-likeness (QED) is 0.704. The first kappa shape index (κ1) is 9.50. The molecule has 1 unspecified atom stereocenters. The predicted molar refractivity (Wildman–Crippen MR) is 52.9 cm³/mol. The van der Waals surface area contributed by atoms with E-state index in [4.69, 9.17) is 11.0 Å². The molecule has 2 nitrogen and oxygen atoms in total. The fourth-order valence-electron chi connectivity index (χ4n) is 1.12. The van der Waals surface area contributed by atoms with Crippen LogP contribution in [0.15, 0.2) is 42.5 Å². The predicted octanol–water partition coefficient (Wildman–Crippen LogP) is 1.64. The van der Waals surface area contributed by atoms with Crippen LogP contribution in [-0.4, -0.2) is 6.04 Å². The van der Waals surface area contributed by atoms with Crippen LogP contribution in [0.4, 0.5) is 0 Å². The van der Waals surface area contributed by atoms with Crippen LogP contribution in [0.5, 0.6) is 0 Å². The molecule has 0 radical (unpaired) electrons. The van der Waals surface area contributed by atoms with E-state index < -0.39 is 0 Å². The van der Waals surface area contributed by atoms with E-state index in [1.165, 1.54) is 11.6 Å². The zero-order valence-electron chi connectivity index (χ0n) is 7.35. The fraction of sp³-hybridized carbons (Fsp3) is 0.182. The molecular weight excluding hydrogens is 160 g/mol. The summed E-state index contributed by atoms with van der Waals surface area (Å²) in [5, 5.41) is 8.29.